The SMILES string of the molecule is c1ccc(-c2nc(-c3ccccc3)nc(-c3cccc4sc5cc(-n6c7ccccc7c7ccc8ccccc8c76)ccc5c34)n2)cc1. The van der Waals surface area contributed by atoms with Gasteiger partial charge in [-0.15, -0.1) is 11.3 Å². The van der Waals surface area contributed by atoms with Crippen LogP contribution in [-0.4, -0.2) is 19.5 Å². The third-order valence-corrected chi connectivity index (χ3v) is 10.4. The molecule has 0 aliphatic carbocycles. The number of thiophene rings is 1. The Kier molecular flexibility index (Phi) is 6.01. The zero-order valence-corrected chi connectivity index (χ0v) is 26.5. The molecule has 0 atom stereocenters. The van der Waals surface area contributed by atoms with Gasteiger partial charge in [0.25, 0.3) is 0 Å². The Balaban J connectivity index is 1.21. The molecule has 5 heteroatoms. The molecule has 0 spiro atoms. The average Bonchev–Trinajstić information content (AvgIpc) is 3.71. The molecule has 3 heterocycles. The first-order valence-corrected chi connectivity index (χ1v) is 16.9. The lowest BCUT2D eigenvalue weighted by Gasteiger charge is -2.11. The predicted octanol–water partition coefficient (Wildman–Crippen LogP) is 11.5. The molecular weight excluding hydrogens is 605 g/mol. The van der Waals surface area contributed by atoms with E-state index in [-0.39, 0.29) is 0 Å². The molecule has 0 N–H and O–H groups in total. The van der Waals surface area contributed by atoms with E-state index in [4.69, 9.17) is 15.0 Å². The highest BCUT2D eigenvalue weighted by atomic mass is 32.1. The molecule has 0 radical (unpaired) electrons. The van der Waals surface area contributed by atoms with Crippen LogP contribution < -0.4 is 0 Å². The van der Waals surface area contributed by atoms with E-state index >= 15 is 0 Å². The van der Waals surface area contributed by atoms with Crippen molar-refractivity contribution in [2.45, 2.75) is 0 Å². The molecule has 224 valence electrons. The van der Waals surface area contributed by atoms with Crippen molar-refractivity contribution in [3.63, 3.8) is 0 Å². The summed E-state index contributed by atoms with van der Waals surface area (Å²) in [7, 11) is 0. The van der Waals surface area contributed by atoms with Gasteiger partial charge in [-0.05, 0) is 29.7 Å². The van der Waals surface area contributed by atoms with Crippen LogP contribution in [0.4, 0.5) is 0 Å². The highest BCUT2D eigenvalue weighted by molar-refractivity contribution is 7.26. The lowest BCUT2D eigenvalue weighted by molar-refractivity contribution is 1.08. The maximum Gasteiger partial charge on any atom is 0.164 e. The van der Waals surface area contributed by atoms with Gasteiger partial charge in [0.05, 0.1) is 11.0 Å². The van der Waals surface area contributed by atoms with Crippen molar-refractivity contribution in [3.8, 4) is 39.9 Å². The van der Waals surface area contributed by atoms with Crippen molar-refractivity contribution in [1.29, 1.82) is 0 Å². The minimum atomic E-state index is 0.664. The Morgan fingerprint density at radius 2 is 1.08 bits per heavy atom. The Labute approximate surface area is 280 Å². The summed E-state index contributed by atoms with van der Waals surface area (Å²) in [5.41, 5.74) is 6.52. The molecule has 0 amide bonds. The van der Waals surface area contributed by atoms with Crippen molar-refractivity contribution in [2.75, 3.05) is 0 Å². The van der Waals surface area contributed by atoms with Crippen LogP contribution in [-0.2, 0) is 0 Å². The molecular formula is C43H26N4S. The minimum absolute atomic E-state index is 0.664. The van der Waals surface area contributed by atoms with Gasteiger partial charge in [0.15, 0.2) is 17.5 Å². The topological polar surface area (TPSA) is 43.6 Å². The smallest absolute Gasteiger partial charge is 0.164 e. The van der Waals surface area contributed by atoms with Crippen LogP contribution in [0.15, 0.2) is 158 Å². The molecule has 48 heavy (non-hydrogen) atoms. The van der Waals surface area contributed by atoms with Crippen LogP contribution in [0.25, 0.3) is 92.6 Å². The Hall–Kier alpha value is -6.17. The zero-order valence-electron chi connectivity index (χ0n) is 25.7. The minimum Gasteiger partial charge on any atom is -0.309 e. The molecule has 0 bridgehead atoms. The Morgan fingerprint density at radius 1 is 0.438 bits per heavy atom. The summed E-state index contributed by atoms with van der Waals surface area (Å²) in [5.74, 6) is 2.00. The van der Waals surface area contributed by atoms with Gasteiger partial charge in [0.1, 0.15) is 0 Å². The summed E-state index contributed by atoms with van der Waals surface area (Å²) >= 11 is 1.81. The van der Waals surface area contributed by atoms with Gasteiger partial charge in [0, 0.05) is 58.7 Å². The number of fused-ring (bicyclic) bond motifs is 8. The fourth-order valence-corrected chi connectivity index (χ4v) is 8.23. The van der Waals surface area contributed by atoms with E-state index < -0.39 is 0 Å². The normalized spacial score (nSPS) is 11.8. The van der Waals surface area contributed by atoms with E-state index in [0.717, 1.165) is 22.4 Å². The number of hydrogen-bond acceptors (Lipinski definition) is 4. The number of aromatic nitrogens is 4. The van der Waals surface area contributed by atoms with Gasteiger partial charge in [0.2, 0.25) is 0 Å². The first kappa shape index (κ1) is 27.0. The third-order valence-electron chi connectivity index (χ3n) is 9.24. The van der Waals surface area contributed by atoms with Gasteiger partial charge in [-0.3, -0.25) is 0 Å². The van der Waals surface area contributed by atoms with Crippen molar-refractivity contribution in [1.82, 2.24) is 19.5 Å². The summed E-state index contributed by atoms with van der Waals surface area (Å²) < 4.78 is 4.86. The number of nitrogens with zero attached hydrogens (tertiary/aromatic N) is 4. The van der Waals surface area contributed by atoms with E-state index in [2.05, 4.69) is 102 Å². The second kappa shape index (κ2) is 10.7. The average molecular weight is 631 g/mol. The quantitative estimate of drug-likeness (QED) is 0.194. The summed E-state index contributed by atoms with van der Waals surface area (Å²) in [6.45, 7) is 0. The van der Waals surface area contributed by atoms with Gasteiger partial charge in [-0.2, -0.15) is 0 Å². The number of benzene rings is 7. The molecule has 0 aliphatic heterocycles. The molecule has 10 aromatic rings. The summed E-state index contributed by atoms with van der Waals surface area (Å²) in [6, 6.07) is 55.5. The maximum absolute atomic E-state index is 5.07. The van der Waals surface area contributed by atoms with E-state index in [1.807, 2.05) is 72.0 Å². The first-order chi connectivity index (χ1) is 23.8. The summed E-state index contributed by atoms with van der Waals surface area (Å²) in [4.78, 5) is 15.1. The molecule has 3 aromatic heterocycles. The monoisotopic (exact) mass is 630 g/mol. The maximum atomic E-state index is 5.07. The lowest BCUT2D eigenvalue weighted by Crippen LogP contribution is -2.00. The molecule has 10 rings (SSSR count). The van der Waals surface area contributed by atoms with Crippen molar-refractivity contribution >= 4 is 64.1 Å². The van der Waals surface area contributed by atoms with Crippen LogP contribution in [0.3, 0.4) is 0 Å². The van der Waals surface area contributed by atoms with Crippen LogP contribution in [0.2, 0.25) is 0 Å². The van der Waals surface area contributed by atoms with E-state index in [1.54, 1.807) is 0 Å². The van der Waals surface area contributed by atoms with E-state index in [0.29, 0.717) is 17.5 Å². The Morgan fingerprint density at radius 3 is 1.85 bits per heavy atom. The highest BCUT2D eigenvalue weighted by Gasteiger charge is 2.19. The number of para-hydroxylation sites is 1. The standard InChI is InChI=1S/C43H26N4S/c1-3-13-28(14-4-1)41-44-42(29-15-5-2-6-16-29)46-43(45-41)35-19-11-21-37-39(35)34-25-23-30(26-38(34)48-37)47-36-20-10-9-18-32(36)33-24-22-27-12-7-8-17-31(27)40(33)47/h1-26H. The second-order valence-electron chi connectivity index (χ2n) is 12.0. The van der Waals surface area contributed by atoms with E-state index in [9.17, 15) is 0 Å². The zero-order chi connectivity index (χ0) is 31.6. The van der Waals surface area contributed by atoms with E-state index in [1.165, 1.54) is 52.8 Å². The molecule has 0 saturated heterocycles. The van der Waals surface area contributed by atoms with Crippen molar-refractivity contribution in [3.05, 3.63) is 158 Å². The van der Waals surface area contributed by atoms with Crippen LogP contribution >= 0.6 is 11.3 Å². The fourth-order valence-electron chi connectivity index (χ4n) is 7.07. The molecule has 0 fully saturated rings. The summed E-state index contributed by atoms with van der Waals surface area (Å²) in [6.07, 6.45) is 0. The second-order valence-corrected chi connectivity index (χ2v) is 13.1. The largest absolute Gasteiger partial charge is 0.309 e. The highest BCUT2D eigenvalue weighted by Crippen LogP contribution is 2.42. The van der Waals surface area contributed by atoms with Gasteiger partial charge < -0.3 is 4.57 Å². The molecule has 0 unspecified atom stereocenters. The Bertz CT molecular complexity index is 2780. The lowest BCUT2D eigenvalue weighted by atomic mass is 10.0. The number of hydrogen-bond donors (Lipinski definition) is 0. The molecule has 4 nitrogen and oxygen atoms in total. The van der Waals surface area contributed by atoms with Crippen LogP contribution in [0.5, 0.6) is 0 Å². The van der Waals surface area contributed by atoms with Crippen LogP contribution in [0, 0.1) is 0 Å². The molecule has 0 saturated carbocycles. The van der Waals surface area contributed by atoms with Gasteiger partial charge >= 0.3 is 0 Å². The van der Waals surface area contributed by atoms with Gasteiger partial charge in [-0.1, -0.05) is 133 Å². The molecule has 7 aromatic carbocycles. The first-order valence-electron chi connectivity index (χ1n) is 16.0. The molecule has 0 aliphatic rings. The van der Waals surface area contributed by atoms with Gasteiger partial charge in [-0.25, -0.2) is 15.0 Å². The van der Waals surface area contributed by atoms with Crippen molar-refractivity contribution in [2.24, 2.45) is 0 Å². The number of rotatable bonds is 4. The van der Waals surface area contributed by atoms with Crippen LogP contribution in [0.1, 0.15) is 0 Å². The van der Waals surface area contributed by atoms with Crippen molar-refractivity contribution < 1.29 is 0 Å². The summed E-state index contributed by atoms with van der Waals surface area (Å²) in [5, 5.41) is 7.38. The fraction of sp³-hybridized carbons (Fsp3) is 0. The third kappa shape index (κ3) is 4.18. The predicted molar refractivity (Wildman–Crippen MR) is 201 cm³/mol.